The molecule has 34 heavy (non-hydrogen) atoms. The molecule has 0 fully saturated rings. The average Bonchev–Trinajstić information content (AvgIpc) is 2.85. The lowest BCUT2D eigenvalue weighted by atomic mass is 9.84. The van der Waals surface area contributed by atoms with Crippen molar-refractivity contribution in [1.82, 2.24) is 0 Å². The predicted octanol–water partition coefficient (Wildman–Crippen LogP) is 5.72. The molecule has 2 amide bonds. The number of fused-ring (bicyclic) bond motifs is 1. The van der Waals surface area contributed by atoms with E-state index in [9.17, 15) is 14.0 Å². The third-order valence-corrected chi connectivity index (χ3v) is 6.49. The SMILES string of the molecule is CCN(C(=O)[C@H]1C[C@H](C)N(C(=O)c2ccc(OC)cc2)c2ccccc21)c1ccc(C)c(F)c1. The summed E-state index contributed by atoms with van der Waals surface area (Å²) in [5.74, 6) is -0.308. The van der Waals surface area contributed by atoms with Crippen LogP contribution in [0.3, 0.4) is 0 Å². The van der Waals surface area contributed by atoms with E-state index in [1.54, 1.807) is 60.2 Å². The molecule has 4 rings (SSSR count). The second-order valence-electron chi connectivity index (χ2n) is 8.62. The van der Waals surface area contributed by atoms with Crippen molar-refractivity contribution >= 4 is 23.2 Å². The van der Waals surface area contributed by atoms with E-state index < -0.39 is 5.92 Å². The second kappa shape index (κ2) is 9.67. The standard InChI is InChI=1S/C28H29FN2O3/c1-5-30(21-13-10-18(2)25(29)17-21)28(33)24-16-19(3)31(26-9-7-6-8-23(24)26)27(32)20-11-14-22(34-4)15-12-20/h6-15,17,19,24H,5,16H2,1-4H3/t19-,24-/m0/s1. The van der Waals surface area contributed by atoms with Crippen LogP contribution in [-0.2, 0) is 4.79 Å². The van der Waals surface area contributed by atoms with Crippen LogP contribution in [0.1, 0.15) is 47.7 Å². The molecule has 0 spiro atoms. The van der Waals surface area contributed by atoms with E-state index in [0.29, 0.717) is 35.5 Å². The first-order valence-corrected chi connectivity index (χ1v) is 11.5. The maximum Gasteiger partial charge on any atom is 0.258 e. The lowest BCUT2D eigenvalue weighted by Gasteiger charge is -2.40. The van der Waals surface area contributed by atoms with Gasteiger partial charge in [-0.1, -0.05) is 24.3 Å². The number of anilines is 2. The predicted molar refractivity (Wildman–Crippen MR) is 132 cm³/mol. The number of nitrogens with zero attached hydrogens (tertiary/aromatic N) is 2. The molecule has 0 radical (unpaired) electrons. The summed E-state index contributed by atoms with van der Waals surface area (Å²) in [5, 5.41) is 0. The molecule has 0 saturated carbocycles. The Hall–Kier alpha value is -3.67. The normalized spacial score (nSPS) is 17.1. The first-order valence-electron chi connectivity index (χ1n) is 11.5. The van der Waals surface area contributed by atoms with Crippen LogP contribution in [0.2, 0.25) is 0 Å². The number of hydrogen-bond donors (Lipinski definition) is 0. The molecule has 0 unspecified atom stereocenters. The highest BCUT2D eigenvalue weighted by Crippen LogP contribution is 2.41. The van der Waals surface area contributed by atoms with Crippen LogP contribution in [-0.4, -0.2) is 31.5 Å². The second-order valence-corrected chi connectivity index (χ2v) is 8.62. The van der Waals surface area contributed by atoms with Crippen LogP contribution in [0.25, 0.3) is 0 Å². The summed E-state index contributed by atoms with van der Waals surface area (Å²) < 4.78 is 19.4. The summed E-state index contributed by atoms with van der Waals surface area (Å²) in [6, 6.07) is 19.2. The van der Waals surface area contributed by atoms with Gasteiger partial charge in [-0.15, -0.1) is 0 Å². The van der Waals surface area contributed by atoms with E-state index >= 15 is 0 Å². The van der Waals surface area contributed by atoms with Crippen LogP contribution < -0.4 is 14.5 Å². The van der Waals surface area contributed by atoms with E-state index in [0.717, 1.165) is 11.3 Å². The number of halogens is 1. The van der Waals surface area contributed by atoms with E-state index in [4.69, 9.17) is 4.74 Å². The molecular weight excluding hydrogens is 431 g/mol. The number of hydrogen-bond acceptors (Lipinski definition) is 3. The summed E-state index contributed by atoms with van der Waals surface area (Å²) in [4.78, 5) is 30.6. The minimum absolute atomic E-state index is 0.0957. The Bertz CT molecular complexity index is 1210. The topological polar surface area (TPSA) is 49.9 Å². The Morgan fingerprint density at radius 3 is 2.44 bits per heavy atom. The van der Waals surface area contributed by atoms with Crippen LogP contribution >= 0.6 is 0 Å². The van der Waals surface area contributed by atoms with Crippen LogP contribution in [0.4, 0.5) is 15.8 Å². The molecule has 2 atom stereocenters. The van der Waals surface area contributed by atoms with Crippen molar-refractivity contribution in [2.24, 2.45) is 0 Å². The van der Waals surface area contributed by atoms with Crippen LogP contribution in [0.5, 0.6) is 5.75 Å². The smallest absolute Gasteiger partial charge is 0.258 e. The molecule has 6 heteroatoms. The highest BCUT2D eigenvalue weighted by Gasteiger charge is 2.38. The molecule has 1 heterocycles. The van der Waals surface area contributed by atoms with Crippen LogP contribution in [0, 0.1) is 12.7 Å². The Morgan fingerprint density at radius 2 is 1.79 bits per heavy atom. The lowest BCUT2D eigenvalue weighted by molar-refractivity contribution is -0.120. The van der Waals surface area contributed by atoms with Crippen molar-refractivity contribution in [1.29, 1.82) is 0 Å². The third-order valence-electron chi connectivity index (χ3n) is 6.49. The first-order chi connectivity index (χ1) is 16.3. The molecular formula is C28H29FN2O3. The highest BCUT2D eigenvalue weighted by molar-refractivity contribution is 6.09. The van der Waals surface area contributed by atoms with Crippen molar-refractivity contribution in [2.45, 2.75) is 39.2 Å². The van der Waals surface area contributed by atoms with Gasteiger partial charge < -0.3 is 14.5 Å². The quantitative estimate of drug-likeness (QED) is 0.489. The number of rotatable bonds is 5. The fraction of sp³-hybridized carbons (Fsp3) is 0.286. The molecule has 0 saturated heterocycles. The monoisotopic (exact) mass is 460 g/mol. The zero-order valence-corrected chi connectivity index (χ0v) is 19.9. The number of aryl methyl sites for hydroxylation is 1. The number of likely N-dealkylation sites (N-methyl/N-ethyl adjacent to an activating group) is 1. The fourth-order valence-corrected chi connectivity index (χ4v) is 4.63. The van der Waals surface area contributed by atoms with Gasteiger partial charge in [-0.3, -0.25) is 9.59 Å². The Labute approximate surface area is 199 Å². The summed E-state index contributed by atoms with van der Waals surface area (Å²) >= 11 is 0. The van der Waals surface area contributed by atoms with E-state index in [2.05, 4.69) is 0 Å². The van der Waals surface area contributed by atoms with Gasteiger partial charge in [-0.25, -0.2) is 4.39 Å². The van der Waals surface area contributed by atoms with Gasteiger partial charge in [-0.05, 0) is 80.8 Å². The van der Waals surface area contributed by atoms with Crippen molar-refractivity contribution in [2.75, 3.05) is 23.5 Å². The molecule has 3 aromatic carbocycles. The maximum atomic E-state index is 14.2. The Morgan fingerprint density at radius 1 is 1.09 bits per heavy atom. The fourth-order valence-electron chi connectivity index (χ4n) is 4.63. The number of ether oxygens (including phenoxy) is 1. The molecule has 0 bridgehead atoms. The summed E-state index contributed by atoms with van der Waals surface area (Å²) in [6.07, 6.45) is 0.475. The lowest BCUT2D eigenvalue weighted by Crippen LogP contribution is -2.46. The van der Waals surface area contributed by atoms with Gasteiger partial charge in [-0.2, -0.15) is 0 Å². The third kappa shape index (κ3) is 4.28. The largest absolute Gasteiger partial charge is 0.497 e. The summed E-state index contributed by atoms with van der Waals surface area (Å²) in [6.45, 7) is 5.96. The van der Waals surface area contributed by atoms with E-state index in [1.807, 2.05) is 38.1 Å². The molecule has 3 aromatic rings. The number of carbonyl (C=O) groups is 2. The molecule has 0 aromatic heterocycles. The van der Waals surface area contributed by atoms with Crippen molar-refractivity contribution in [3.63, 3.8) is 0 Å². The minimum atomic E-state index is -0.435. The van der Waals surface area contributed by atoms with Crippen LogP contribution in [0.15, 0.2) is 66.7 Å². The molecule has 0 N–H and O–H groups in total. The zero-order chi connectivity index (χ0) is 24.4. The molecule has 1 aliphatic rings. The van der Waals surface area contributed by atoms with Crippen molar-refractivity contribution in [3.05, 3.63) is 89.2 Å². The number of benzene rings is 3. The number of methoxy groups -OCH3 is 1. The molecule has 1 aliphatic heterocycles. The van der Waals surface area contributed by atoms with Gasteiger partial charge in [0.1, 0.15) is 11.6 Å². The highest BCUT2D eigenvalue weighted by atomic mass is 19.1. The van der Waals surface area contributed by atoms with Crippen molar-refractivity contribution < 1.29 is 18.7 Å². The summed E-state index contributed by atoms with van der Waals surface area (Å²) in [7, 11) is 1.58. The maximum absolute atomic E-state index is 14.2. The zero-order valence-electron chi connectivity index (χ0n) is 19.9. The Kier molecular flexibility index (Phi) is 6.68. The molecule has 5 nitrogen and oxygen atoms in total. The van der Waals surface area contributed by atoms with Gasteiger partial charge >= 0.3 is 0 Å². The number of para-hydroxylation sites is 1. The van der Waals surface area contributed by atoms with Gasteiger partial charge in [0.05, 0.1) is 13.0 Å². The minimum Gasteiger partial charge on any atom is -0.497 e. The van der Waals surface area contributed by atoms with E-state index in [-0.39, 0.29) is 23.7 Å². The average molecular weight is 461 g/mol. The van der Waals surface area contributed by atoms with Gasteiger partial charge in [0.2, 0.25) is 5.91 Å². The summed E-state index contributed by atoms with van der Waals surface area (Å²) in [5.41, 5.74) is 3.16. The number of carbonyl (C=O) groups excluding carboxylic acids is 2. The van der Waals surface area contributed by atoms with E-state index in [1.165, 1.54) is 6.07 Å². The van der Waals surface area contributed by atoms with Crippen molar-refractivity contribution in [3.8, 4) is 5.75 Å². The number of amides is 2. The van der Waals surface area contributed by atoms with Gasteiger partial charge in [0.25, 0.3) is 5.91 Å². The van der Waals surface area contributed by atoms with Gasteiger partial charge in [0.15, 0.2) is 0 Å². The Balaban J connectivity index is 1.69. The molecule has 0 aliphatic carbocycles. The van der Waals surface area contributed by atoms with Gasteiger partial charge in [0, 0.05) is 29.5 Å². The first kappa shape index (κ1) is 23.5. The molecule has 176 valence electrons.